The Morgan fingerprint density at radius 3 is 2.56 bits per heavy atom. The van der Waals surface area contributed by atoms with E-state index >= 15 is 0 Å². The van der Waals surface area contributed by atoms with E-state index in [-0.39, 0.29) is 19.2 Å². The number of rotatable bonds is 5. The molecule has 9 heteroatoms. The normalized spacial score (nSPS) is 22.3. The van der Waals surface area contributed by atoms with Crippen LogP contribution >= 0.6 is 0 Å². The fourth-order valence-corrected chi connectivity index (χ4v) is 4.70. The number of nitrogens with zero attached hydrogens (tertiary/aromatic N) is 3. The summed E-state index contributed by atoms with van der Waals surface area (Å²) in [5.74, 6) is 0.438. The number of fused-ring (bicyclic) bond motifs is 1. The predicted octanol–water partition coefficient (Wildman–Crippen LogP) is 1.84. The second kappa shape index (κ2) is 8.64. The minimum absolute atomic E-state index is 0.120. The lowest BCUT2D eigenvalue weighted by Crippen LogP contribution is -2.51. The van der Waals surface area contributed by atoms with Gasteiger partial charge in [-0.15, -0.1) is 0 Å². The molecule has 1 atom stereocenters. The quantitative estimate of drug-likeness (QED) is 0.679. The highest BCUT2D eigenvalue weighted by molar-refractivity contribution is 6.09. The summed E-state index contributed by atoms with van der Waals surface area (Å²) in [4.78, 5) is 43.9. The summed E-state index contributed by atoms with van der Waals surface area (Å²) in [6, 6.07) is 13.0. The Balaban J connectivity index is 1.20. The van der Waals surface area contributed by atoms with Gasteiger partial charge < -0.3 is 19.7 Å². The highest BCUT2D eigenvalue weighted by Gasteiger charge is 2.50. The van der Waals surface area contributed by atoms with Crippen LogP contribution in [0.25, 0.3) is 0 Å². The van der Waals surface area contributed by atoms with E-state index in [9.17, 15) is 14.4 Å². The summed E-state index contributed by atoms with van der Waals surface area (Å²) in [6.07, 6.45) is 0. The molecule has 2 fully saturated rings. The summed E-state index contributed by atoms with van der Waals surface area (Å²) in [5.41, 5.74) is 1.79. The molecule has 0 aromatic heterocycles. The third kappa shape index (κ3) is 4.07. The van der Waals surface area contributed by atoms with Gasteiger partial charge >= 0.3 is 6.03 Å². The second-order valence-electron chi connectivity index (χ2n) is 9.16. The van der Waals surface area contributed by atoms with Crippen molar-refractivity contribution in [3.63, 3.8) is 0 Å². The largest absolute Gasteiger partial charge is 0.454 e. The average molecular weight is 465 g/mol. The lowest BCUT2D eigenvalue weighted by Gasteiger charge is -2.35. The number of nitrogens with one attached hydrogen (secondary N) is 1. The van der Waals surface area contributed by atoms with E-state index in [4.69, 9.17) is 9.47 Å². The van der Waals surface area contributed by atoms with E-state index in [1.165, 1.54) is 11.1 Å². The van der Waals surface area contributed by atoms with Crippen molar-refractivity contribution in [3.8, 4) is 11.5 Å². The molecule has 1 N–H and O–H groups in total. The summed E-state index contributed by atoms with van der Waals surface area (Å²) >= 11 is 0. The average Bonchev–Trinajstić information content (AvgIpc) is 3.38. The molecule has 1 unspecified atom stereocenters. The van der Waals surface area contributed by atoms with Crippen LogP contribution in [-0.2, 0) is 21.7 Å². The van der Waals surface area contributed by atoms with Gasteiger partial charge in [0.15, 0.2) is 11.5 Å². The highest BCUT2D eigenvalue weighted by atomic mass is 16.7. The molecule has 34 heavy (non-hydrogen) atoms. The number of carbonyl (C=O) groups excluding carboxylic acids is 3. The minimum atomic E-state index is -1.27. The Morgan fingerprint density at radius 1 is 1.03 bits per heavy atom. The van der Waals surface area contributed by atoms with Gasteiger partial charge in [-0.1, -0.05) is 35.9 Å². The van der Waals surface area contributed by atoms with Gasteiger partial charge in [0.25, 0.3) is 5.91 Å². The van der Waals surface area contributed by atoms with Crippen LogP contribution in [0.4, 0.5) is 4.79 Å². The Kier molecular flexibility index (Phi) is 5.65. The van der Waals surface area contributed by atoms with Crippen LogP contribution in [-0.4, -0.2) is 72.1 Å². The molecule has 2 saturated heterocycles. The van der Waals surface area contributed by atoms with Crippen molar-refractivity contribution >= 4 is 17.8 Å². The van der Waals surface area contributed by atoms with Crippen LogP contribution in [0.15, 0.2) is 42.5 Å². The maximum atomic E-state index is 13.2. The first-order valence-corrected chi connectivity index (χ1v) is 11.4. The van der Waals surface area contributed by atoms with Crippen LogP contribution in [0.5, 0.6) is 11.5 Å². The number of hydrogen-bond donors (Lipinski definition) is 1. The van der Waals surface area contributed by atoms with E-state index in [1.54, 1.807) is 30.0 Å². The first-order valence-electron chi connectivity index (χ1n) is 11.4. The molecule has 3 heterocycles. The molecule has 0 radical (unpaired) electrons. The lowest BCUT2D eigenvalue weighted by molar-refractivity contribution is -0.139. The molecule has 0 aliphatic carbocycles. The zero-order valence-corrected chi connectivity index (χ0v) is 19.4. The van der Waals surface area contributed by atoms with E-state index in [2.05, 4.69) is 41.4 Å². The maximum absolute atomic E-state index is 13.2. The van der Waals surface area contributed by atoms with Crippen LogP contribution in [0.2, 0.25) is 0 Å². The molecule has 2 aromatic rings. The Labute approximate surface area is 198 Å². The number of urea groups is 1. The molecule has 4 amide bonds. The standard InChI is InChI=1S/C25H28N4O5/c1-17-4-3-5-18(12-17)14-27-8-10-28(11-9-27)22(30)15-29-23(31)25(2,26-24(29)32)19-6-7-20-21(13-19)34-16-33-20/h3-7,12-13H,8-11,14-16H2,1-2H3,(H,26,32). The molecule has 3 aliphatic heterocycles. The van der Waals surface area contributed by atoms with Crippen molar-refractivity contribution < 1.29 is 23.9 Å². The van der Waals surface area contributed by atoms with Crippen LogP contribution in [0, 0.1) is 6.92 Å². The smallest absolute Gasteiger partial charge is 0.325 e. The van der Waals surface area contributed by atoms with Crippen molar-refractivity contribution in [2.24, 2.45) is 0 Å². The zero-order chi connectivity index (χ0) is 23.9. The molecule has 9 nitrogen and oxygen atoms in total. The maximum Gasteiger partial charge on any atom is 0.325 e. The number of aryl methyl sites for hydroxylation is 1. The first-order chi connectivity index (χ1) is 16.3. The van der Waals surface area contributed by atoms with E-state index < -0.39 is 17.5 Å². The van der Waals surface area contributed by atoms with Gasteiger partial charge in [-0.3, -0.25) is 19.4 Å². The van der Waals surface area contributed by atoms with Crippen molar-refractivity contribution in [1.82, 2.24) is 20.0 Å². The summed E-state index contributed by atoms with van der Waals surface area (Å²) in [5, 5.41) is 2.75. The van der Waals surface area contributed by atoms with Crippen molar-refractivity contribution in [1.29, 1.82) is 0 Å². The van der Waals surface area contributed by atoms with Gasteiger partial charge in [-0.25, -0.2) is 4.79 Å². The molecule has 2 aromatic carbocycles. The predicted molar refractivity (Wildman–Crippen MR) is 123 cm³/mol. The molecule has 0 spiro atoms. The molecule has 0 bridgehead atoms. The monoisotopic (exact) mass is 464 g/mol. The minimum Gasteiger partial charge on any atom is -0.454 e. The molecule has 3 aliphatic rings. The second-order valence-corrected chi connectivity index (χ2v) is 9.16. The lowest BCUT2D eigenvalue weighted by atomic mass is 9.91. The number of piperazine rings is 1. The number of amides is 4. The van der Waals surface area contributed by atoms with Crippen molar-refractivity contribution in [2.75, 3.05) is 39.5 Å². The topological polar surface area (TPSA) is 91.4 Å². The van der Waals surface area contributed by atoms with E-state index in [0.29, 0.717) is 30.2 Å². The van der Waals surface area contributed by atoms with Gasteiger partial charge in [0, 0.05) is 32.7 Å². The van der Waals surface area contributed by atoms with Crippen molar-refractivity contribution in [2.45, 2.75) is 25.9 Å². The van der Waals surface area contributed by atoms with Gasteiger partial charge in [0.1, 0.15) is 12.1 Å². The van der Waals surface area contributed by atoms with Gasteiger partial charge in [-0.2, -0.15) is 0 Å². The summed E-state index contributed by atoms with van der Waals surface area (Å²) < 4.78 is 10.7. The molecule has 0 saturated carbocycles. The van der Waals surface area contributed by atoms with Gasteiger partial charge in [0.2, 0.25) is 12.7 Å². The SMILES string of the molecule is Cc1cccc(CN2CCN(C(=O)CN3C(=O)NC(C)(c4ccc5c(c4)OCO5)C3=O)CC2)c1. The van der Waals surface area contributed by atoms with Crippen molar-refractivity contribution in [3.05, 3.63) is 59.2 Å². The fraction of sp³-hybridized carbons (Fsp3) is 0.400. The zero-order valence-electron chi connectivity index (χ0n) is 19.4. The number of ether oxygens (including phenoxy) is 2. The van der Waals surface area contributed by atoms with Crippen LogP contribution < -0.4 is 14.8 Å². The highest BCUT2D eigenvalue weighted by Crippen LogP contribution is 2.37. The summed E-state index contributed by atoms with van der Waals surface area (Å²) in [7, 11) is 0. The Hall–Kier alpha value is -3.59. The number of carbonyl (C=O) groups is 3. The van der Waals surface area contributed by atoms with Gasteiger partial charge in [0.05, 0.1) is 0 Å². The van der Waals surface area contributed by atoms with E-state index in [0.717, 1.165) is 24.5 Å². The summed E-state index contributed by atoms with van der Waals surface area (Å²) in [6.45, 7) is 7.01. The number of imide groups is 1. The van der Waals surface area contributed by atoms with Crippen LogP contribution in [0.1, 0.15) is 23.6 Å². The van der Waals surface area contributed by atoms with Gasteiger partial charge in [-0.05, 0) is 37.1 Å². The third-order valence-corrected chi connectivity index (χ3v) is 6.73. The molecule has 178 valence electrons. The molecule has 5 rings (SSSR count). The Morgan fingerprint density at radius 2 is 1.79 bits per heavy atom. The third-order valence-electron chi connectivity index (χ3n) is 6.73. The fourth-order valence-electron chi connectivity index (χ4n) is 4.70. The van der Waals surface area contributed by atoms with E-state index in [1.807, 2.05) is 0 Å². The first kappa shape index (κ1) is 22.2. The Bertz CT molecular complexity index is 1140. The number of hydrogen-bond acceptors (Lipinski definition) is 6. The molecular weight excluding hydrogens is 436 g/mol. The molecular formula is C25H28N4O5. The number of benzene rings is 2. The van der Waals surface area contributed by atoms with Crippen LogP contribution in [0.3, 0.4) is 0 Å².